The van der Waals surface area contributed by atoms with Crippen molar-refractivity contribution in [2.75, 3.05) is 10.6 Å². The summed E-state index contributed by atoms with van der Waals surface area (Å²) in [5, 5.41) is 5.70. The molecule has 0 fully saturated rings. The summed E-state index contributed by atoms with van der Waals surface area (Å²) < 4.78 is 8.60. The van der Waals surface area contributed by atoms with Crippen LogP contribution in [0.3, 0.4) is 0 Å². The van der Waals surface area contributed by atoms with Crippen molar-refractivity contribution in [3.05, 3.63) is 70.0 Å². The highest BCUT2D eigenvalue weighted by molar-refractivity contribution is 9.10. The fourth-order valence-corrected chi connectivity index (χ4v) is 3.73. The molecule has 0 saturated heterocycles. The van der Waals surface area contributed by atoms with Crippen LogP contribution in [0.2, 0.25) is 0 Å². The normalized spacial score (nSPS) is 15.3. The van der Waals surface area contributed by atoms with E-state index in [1.54, 1.807) is 25.1 Å². The van der Waals surface area contributed by atoms with Gasteiger partial charge in [0, 0.05) is 27.2 Å². The van der Waals surface area contributed by atoms with Crippen molar-refractivity contribution in [1.82, 2.24) is 4.57 Å². The molecule has 2 amide bonds. The van der Waals surface area contributed by atoms with E-state index in [0.717, 1.165) is 21.5 Å². The third-order valence-corrected chi connectivity index (χ3v) is 5.46. The highest BCUT2D eigenvalue weighted by Crippen LogP contribution is 2.32. The third kappa shape index (κ3) is 3.65. The van der Waals surface area contributed by atoms with Gasteiger partial charge in [0.15, 0.2) is 6.10 Å². The summed E-state index contributed by atoms with van der Waals surface area (Å²) >= 11 is 3.45. The van der Waals surface area contributed by atoms with Crippen LogP contribution in [-0.4, -0.2) is 22.5 Å². The molecule has 2 heterocycles. The molecule has 0 spiro atoms. The quantitative estimate of drug-likeness (QED) is 0.596. The SMILES string of the molecule is Cc1cc(C(=O)Nc2ccc3c(c2)NC(=O)C(C)O3)c(C)n1-c1ccc(Br)cc1. The Labute approximate surface area is 177 Å². The van der Waals surface area contributed by atoms with Crippen LogP contribution >= 0.6 is 15.9 Å². The Morgan fingerprint density at radius 2 is 1.86 bits per heavy atom. The molecule has 148 valence electrons. The van der Waals surface area contributed by atoms with Gasteiger partial charge < -0.3 is 19.9 Å². The summed E-state index contributed by atoms with van der Waals surface area (Å²) in [6.45, 7) is 5.58. The number of aromatic nitrogens is 1. The van der Waals surface area contributed by atoms with Crippen molar-refractivity contribution in [3.63, 3.8) is 0 Å². The summed E-state index contributed by atoms with van der Waals surface area (Å²) in [6, 6.07) is 15.0. The molecule has 1 aliphatic heterocycles. The number of carbonyl (C=O) groups is 2. The first-order chi connectivity index (χ1) is 13.8. The zero-order valence-electron chi connectivity index (χ0n) is 16.2. The molecule has 1 atom stereocenters. The van der Waals surface area contributed by atoms with Crippen molar-refractivity contribution in [2.45, 2.75) is 26.9 Å². The van der Waals surface area contributed by atoms with E-state index in [1.807, 2.05) is 48.7 Å². The zero-order valence-corrected chi connectivity index (χ0v) is 17.8. The van der Waals surface area contributed by atoms with Crippen LogP contribution in [0.1, 0.15) is 28.7 Å². The number of hydrogen-bond donors (Lipinski definition) is 2. The summed E-state index contributed by atoms with van der Waals surface area (Å²) in [5.41, 5.74) is 4.54. The fourth-order valence-electron chi connectivity index (χ4n) is 3.47. The lowest BCUT2D eigenvalue weighted by Gasteiger charge is -2.23. The number of halogens is 1. The van der Waals surface area contributed by atoms with Gasteiger partial charge in [-0.1, -0.05) is 15.9 Å². The average Bonchev–Trinajstić information content (AvgIpc) is 2.98. The summed E-state index contributed by atoms with van der Waals surface area (Å²) in [6.07, 6.45) is -0.535. The largest absolute Gasteiger partial charge is 0.479 e. The molecule has 0 aliphatic carbocycles. The topological polar surface area (TPSA) is 72.4 Å². The van der Waals surface area contributed by atoms with Crippen molar-refractivity contribution in [2.24, 2.45) is 0 Å². The summed E-state index contributed by atoms with van der Waals surface area (Å²) in [5.74, 6) is 0.167. The molecule has 0 radical (unpaired) electrons. The maximum absolute atomic E-state index is 12.9. The molecule has 6 nitrogen and oxygen atoms in total. The first-order valence-corrected chi connectivity index (χ1v) is 10.0. The number of nitrogens with one attached hydrogen (secondary N) is 2. The van der Waals surface area contributed by atoms with Crippen molar-refractivity contribution >= 4 is 39.1 Å². The van der Waals surface area contributed by atoms with Crippen LogP contribution < -0.4 is 15.4 Å². The Bertz CT molecular complexity index is 1120. The van der Waals surface area contributed by atoms with Gasteiger partial charge in [-0.05, 0) is 69.3 Å². The molecule has 1 aromatic heterocycles. The number of anilines is 2. The molecule has 2 aromatic carbocycles. The van der Waals surface area contributed by atoms with E-state index in [2.05, 4.69) is 26.6 Å². The number of aryl methyl sites for hydroxylation is 1. The zero-order chi connectivity index (χ0) is 20.7. The van der Waals surface area contributed by atoms with Gasteiger partial charge in [0.25, 0.3) is 11.8 Å². The van der Waals surface area contributed by atoms with E-state index in [1.165, 1.54) is 0 Å². The van der Waals surface area contributed by atoms with Crippen LogP contribution in [0.4, 0.5) is 11.4 Å². The minimum atomic E-state index is -0.535. The number of carbonyl (C=O) groups excluding carboxylic acids is 2. The molecule has 1 unspecified atom stereocenters. The molecule has 4 rings (SSSR count). The van der Waals surface area contributed by atoms with E-state index in [9.17, 15) is 9.59 Å². The fraction of sp³-hybridized carbons (Fsp3) is 0.182. The number of ether oxygens (including phenoxy) is 1. The minimum Gasteiger partial charge on any atom is -0.479 e. The highest BCUT2D eigenvalue weighted by atomic mass is 79.9. The molecule has 0 saturated carbocycles. The second kappa shape index (κ2) is 7.40. The Morgan fingerprint density at radius 3 is 2.59 bits per heavy atom. The second-order valence-electron chi connectivity index (χ2n) is 7.01. The van der Waals surface area contributed by atoms with Crippen LogP contribution in [0.5, 0.6) is 5.75 Å². The van der Waals surface area contributed by atoms with Crippen molar-refractivity contribution in [1.29, 1.82) is 0 Å². The maximum Gasteiger partial charge on any atom is 0.265 e. The Balaban J connectivity index is 1.60. The summed E-state index contributed by atoms with van der Waals surface area (Å²) in [7, 11) is 0. The van der Waals surface area contributed by atoms with Crippen LogP contribution in [0.15, 0.2) is 53.0 Å². The molecular weight excluding hydrogens is 434 g/mol. The van der Waals surface area contributed by atoms with Crippen molar-refractivity contribution in [3.8, 4) is 11.4 Å². The number of hydrogen-bond acceptors (Lipinski definition) is 3. The third-order valence-electron chi connectivity index (χ3n) is 4.93. The Morgan fingerprint density at radius 1 is 1.14 bits per heavy atom. The lowest BCUT2D eigenvalue weighted by molar-refractivity contribution is -0.122. The molecule has 2 N–H and O–H groups in total. The van der Waals surface area contributed by atoms with Crippen LogP contribution in [0, 0.1) is 13.8 Å². The number of amides is 2. The van der Waals surface area contributed by atoms with Crippen LogP contribution in [-0.2, 0) is 4.79 Å². The van der Waals surface area contributed by atoms with Gasteiger partial charge in [0.1, 0.15) is 5.75 Å². The summed E-state index contributed by atoms with van der Waals surface area (Å²) in [4.78, 5) is 24.7. The Kier molecular flexibility index (Phi) is 4.92. The standard InChI is InChI=1S/C22H20BrN3O3/c1-12-10-18(13(2)26(12)17-7-4-15(23)5-8-17)22(28)24-16-6-9-20-19(11-16)25-21(27)14(3)29-20/h4-11,14H,1-3H3,(H,24,28)(H,25,27). The number of rotatable bonds is 3. The van der Waals surface area contributed by atoms with Gasteiger partial charge in [0.2, 0.25) is 0 Å². The van der Waals surface area contributed by atoms with Gasteiger partial charge in [-0.2, -0.15) is 0 Å². The monoisotopic (exact) mass is 453 g/mol. The lowest BCUT2D eigenvalue weighted by Crippen LogP contribution is -2.34. The van der Waals surface area contributed by atoms with E-state index < -0.39 is 6.10 Å². The van der Waals surface area contributed by atoms with E-state index in [-0.39, 0.29) is 11.8 Å². The maximum atomic E-state index is 12.9. The van der Waals surface area contributed by atoms with Gasteiger partial charge in [-0.15, -0.1) is 0 Å². The first-order valence-electron chi connectivity index (χ1n) is 9.21. The lowest BCUT2D eigenvalue weighted by atomic mass is 10.2. The second-order valence-corrected chi connectivity index (χ2v) is 7.93. The molecule has 3 aromatic rings. The molecular formula is C22H20BrN3O3. The smallest absolute Gasteiger partial charge is 0.265 e. The Hall–Kier alpha value is -3.06. The van der Waals surface area contributed by atoms with Crippen LogP contribution in [0.25, 0.3) is 5.69 Å². The van der Waals surface area contributed by atoms with Crippen molar-refractivity contribution < 1.29 is 14.3 Å². The molecule has 29 heavy (non-hydrogen) atoms. The van der Waals surface area contributed by atoms with Gasteiger partial charge in [-0.25, -0.2) is 0 Å². The predicted octanol–water partition coefficient (Wildman–Crippen LogP) is 4.83. The number of fused-ring (bicyclic) bond motifs is 1. The molecule has 0 bridgehead atoms. The first kappa shape index (κ1) is 19.3. The molecule has 1 aliphatic rings. The van der Waals surface area contributed by atoms with E-state index >= 15 is 0 Å². The van der Waals surface area contributed by atoms with E-state index in [4.69, 9.17) is 4.74 Å². The average molecular weight is 454 g/mol. The highest BCUT2D eigenvalue weighted by Gasteiger charge is 2.24. The minimum absolute atomic E-state index is 0.209. The number of benzene rings is 2. The predicted molar refractivity (Wildman–Crippen MR) is 116 cm³/mol. The van der Waals surface area contributed by atoms with E-state index in [0.29, 0.717) is 22.7 Å². The van der Waals surface area contributed by atoms with Gasteiger partial charge in [0.05, 0.1) is 11.3 Å². The van der Waals surface area contributed by atoms with Gasteiger partial charge in [-0.3, -0.25) is 9.59 Å². The molecule has 7 heteroatoms. The van der Waals surface area contributed by atoms with Gasteiger partial charge >= 0.3 is 0 Å². The number of nitrogens with zero attached hydrogens (tertiary/aromatic N) is 1.